The zero-order valence-electron chi connectivity index (χ0n) is 21.9. The molecule has 0 amide bonds. The van der Waals surface area contributed by atoms with Gasteiger partial charge in [-0.2, -0.15) is 0 Å². The quantitative estimate of drug-likeness (QED) is 0.225. The van der Waals surface area contributed by atoms with Crippen LogP contribution >= 0.6 is 0 Å². The van der Waals surface area contributed by atoms with Gasteiger partial charge in [-0.15, -0.1) is 4.31 Å². The minimum Gasteiger partial charge on any atom is -0.409 e. The Kier molecular flexibility index (Phi) is 10.3. The first-order chi connectivity index (χ1) is 15.6. The molecule has 2 aromatic rings. The van der Waals surface area contributed by atoms with E-state index in [2.05, 4.69) is 71.0 Å². The van der Waals surface area contributed by atoms with Crippen molar-refractivity contribution in [2.75, 3.05) is 14.1 Å². The highest BCUT2D eigenvalue weighted by molar-refractivity contribution is 8.04. The van der Waals surface area contributed by atoms with Gasteiger partial charge in [-0.3, -0.25) is 0 Å². The van der Waals surface area contributed by atoms with Crippen LogP contribution < -0.4 is 0 Å². The molecule has 0 bridgehead atoms. The van der Waals surface area contributed by atoms with Crippen LogP contribution in [0.4, 0.5) is 0 Å². The van der Waals surface area contributed by atoms with E-state index in [1.54, 1.807) is 0 Å². The van der Waals surface area contributed by atoms with Crippen molar-refractivity contribution in [3.8, 4) is 0 Å². The van der Waals surface area contributed by atoms with Gasteiger partial charge in [0, 0.05) is 26.9 Å². The lowest BCUT2D eigenvalue weighted by Gasteiger charge is -2.38. The number of rotatable bonds is 12. The summed E-state index contributed by atoms with van der Waals surface area (Å²) in [7, 11) is -0.567. The van der Waals surface area contributed by atoms with Crippen LogP contribution in [0.3, 0.4) is 0 Å². The van der Waals surface area contributed by atoms with E-state index in [1.165, 1.54) is 5.56 Å². The highest BCUT2D eigenvalue weighted by Gasteiger charge is 2.41. The fourth-order valence-corrected chi connectivity index (χ4v) is 9.63. The molecule has 2 aromatic carbocycles. The number of hydrogen-bond donors (Lipinski definition) is 0. The molecule has 0 N–H and O–H groups in total. The number of allylic oxidation sites excluding steroid dienone is 1. The Labute approximate surface area is 204 Å². The standard InChI is InChI=1S/C28H44NO2SSi/c1-9-33(10-2,11-3)31-28(25-18-14-12-15-19-25)27(23(4)5)22-24(6)32(30,29(7)8)26-20-16-13-17-21-26/h12-23,27-28H,9-11H2,1-8H3/q+1/b24-22+/t27-,28+,32?/m1/s1. The molecule has 0 saturated heterocycles. The maximum atomic E-state index is 14.4. The van der Waals surface area contributed by atoms with Gasteiger partial charge >= 0.3 is 0 Å². The molecule has 1 unspecified atom stereocenters. The van der Waals surface area contributed by atoms with E-state index in [0.717, 1.165) is 27.9 Å². The average molecular weight is 487 g/mol. The second kappa shape index (κ2) is 12.3. The van der Waals surface area contributed by atoms with E-state index < -0.39 is 18.4 Å². The Bertz CT molecular complexity index is 915. The van der Waals surface area contributed by atoms with E-state index in [0.29, 0.717) is 5.92 Å². The molecule has 0 heterocycles. The molecule has 0 aromatic heterocycles. The van der Waals surface area contributed by atoms with Crippen LogP contribution in [-0.4, -0.2) is 26.7 Å². The van der Waals surface area contributed by atoms with E-state index >= 15 is 0 Å². The Hall–Kier alpha value is -1.53. The van der Waals surface area contributed by atoms with E-state index in [9.17, 15) is 4.21 Å². The summed E-state index contributed by atoms with van der Waals surface area (Å²) in [6, 6.07) is 23.8. The topological polar surface area (TPSA) is 29.5 Å². The Balaban J connectivity index is 2.63. The van der Waals surface area contributed by atoms with Gasteiger partial charge in [0.25, 0.3) is 0 Å². The first kappa shape index (κ1) is 27.7. The smallest absolute Gasteiger partial charge is 0.218 e. The molecule has 0 radical (unpaired) electrons. The Morgan fingerprint density at radius 2 is 1.42 bits per heavy atom. The van der Waals surface area contributed by atoms with Crippen LogP contribution in [-0.2, 0) is 18.8 Å². The Morgan fingerprint density at radius 3 is 1.85 bits per heavy atom. The van der Waals surface area contributed by atoms with Crippen LogP contribution in [0.2, 0.25) is 18.1 Å². The van der Waals surface area contributed by atoms with Gasteiger partial charge in [-0.25, -0.2) is 0 Å². The first-order valence-corrected chi connectivity index (χ1v) is 16.4. The molecular weight excluding hydrogens is 442 g/mol. The summed E-state index contributed by atoms with van der Waals surface area (Å²) in [5.74, 6) is 0.456. The first-order valence-electron chi connectivity index (χ1n) is 12.3. The molecular formula is C28H44NO2SSi+. The minimum absolute atomic E-state index is 0.0470. The number of nitrogens with zero attached hydrogens (tertiary/aromatic N) is 1. The molecule has 182 valence electrons. The molecule has 33 heavy (non-hydrogen) atoms. The zero-order valence-corrected chi connectivity index (χ0v) is 23.7. The molecule has 3 nitrogen and oxygen atoms in total. The SMILES string of the molecule is CC[Si](CC)(CC)O[C@@H](c1ccccc1)[C@H](/C=C(\C)[S+](=O)(c1ccccc1)N(C)C)C(C)C. The second-order valence-electron chi connectivity index (χ2n) is 9.44. The van der Waals surface area contributed by atoms with Crippen molar-refractivity contribution in [2.45, 2.75) is 70.7 Å². The lowest BCUT2D eigenvalue weighted by molar-refractivity contribution is 0.120. The van der Waals surface area contributed by atoms with Crippen molar-refractivity contribution >= 4 is 18.4 Å². The maximum Gasteiger partial charge on any atom is 0.218 e. The third kappa shape index (κ3) is 6.33. The summed E-state index contributed by atoms with van der Waals surface area (Å²) in [5, 5.41) is 0. The largest absolute Gasteiger partial charge is 0.409 e. The zero-order chi connectivity index (χ0) is 24.6. The molecule has 0 saturated carbocycles. The third-order valence-corrected chi connectivity index (χ3v) is 14.6. The van der Waals surface area contributed by atoms with Gasteiger partial charge in [-0.05, 0) is 47.8 Å². The van der Waals surface area contributed by atoms with Crippen molar-refractivity contribution in [3.05, 3.63) is 77.2 Å². The molecule has 0 spiro atoms. The average Bonchev–Trinajstić information content (AvgIpc) is 2.84. The molecule has 2 rings (SSSR count). The maximum absolute atomic E-state index is 14.4. The fraction of sp³-hybridized carbons (Fsp3) is 0.500. The van der Waals surface area contributed by atoms with Gasteiger partial charge in [0.1, 0.15) is 0 Å². The van der Waals surface area contributed by atoms with Crippen molar-refractivity contribution in [2.24, 2.45) is 11.8 Å². The summed E-state index contributed by atoms with van der Waals surface area (Å²) >= 11 is 0. The Morgan fingerprint density at radius 1 is 0.939 bits per heavy atom. The van der Waals surface area contributed by atoms with Crippen LogP contribution in [0.1, 0.15) is 53.2 Å². The van der Waals surface area contributed by atoms with Crippen LogP contribution in [0.25, 0.3) is 0 Å². The van der Waals surface area contributed by atoms with Crippen molar-refractivity contribution in [1.29, 1.82) is 0 Å². The lowest BCUT2D eigenvalue weighted by Crippen LogP contribution is -2.40. The summed E-state index contributed by atoms with van der Waals surface area (Å²) in [4.78, 5) is 1.75. The molecule has 0 aliphatic rings. The van der Waals surface area contributed by atoms with Gasteiger partial charge in [0.05, 0.1) is 6.10 Å². The van der Waals surface area contributed by atoms with Crippen LogP contribution in [0.5, 0.6) is 0 Å². The highest BCUT2D eigenvalue weighted by Crippen LogP contribution is 2.40. The van der Waals surface area contributed by atoms with Crippen LogP contribution in [0, 0.1) is 11.8 Å². The fourth-order valence-electron chi connectivity index (χ4n) is 4.56. The minimum atomic E-state index is -2.52. The summed E-state index contributed by atoms with van der Waals surface area (Å²) in [6.07, 6.45) is 2.20. The van der Waals surface area contributed by atoms with E-state index in [4.69, 9.17) is 4.43 Å². The highest BCUT2D eigenvalue weighted by atomic mass is 32.3. The predicted octanol–water partition coefficient (Wildman–Crippen LogP) is 7.96. The summed E-state index contributed by atoms with van der Waals surface area (Å²) in [5.41, 5.74) is 1.21. The summed E-state index contributed by atoms with van der Waals surface area (Å²) in [6.45, 7) is 13.4. The van der Waals surface area contributed by atoms with Crippen LogP contribution in [0.15, 0.2) is 76.5 Å². The molecule has 0 aliphatic heterocycles. The van der Waals surface area contributed by atoms with E-state index in [-0.39, 0.29) is 12.0 Å². The van der Waals surface area contributed by atoms with Crippen molar-refractivity contribution < 1.29 is 8.63 Å². The predicted molar refractivity (Wildman–Crippen MR) is 146 cm³/mol. The van der Waals surface area contributed by atoms with Crippen molar-refractivity contribution in [1.82, 2.24) is 4.31 Å². The van der Waals surface area contributed by atoms with E-state index in [1.807, 2.05) is 55.7 Å². The molecule has 0 fully saturated rings. The van der Waals surface area contributed by atoms with Crippen molar-refractivity contribution in [3.63, 3.8) is 0 Å². The second-order valence-corrected chi connectivity index (χ2v) is 17.1. The number of hydrogen-bond acceptors (Lipinski definition) is 2. The van der Waals surface area contributed by atoms with Gasteiger partial charge < -0.3 is 4.43 Å². The summed E-state index contributed by atoms with van der Waals surface area (Å²) < 4.78 is 23.4. The monoisotopic (exact) mass is 486 g/mol. The molecule has 3 atom stereocenters. The molecule has 0 aliphatic carbocycles. The van der Waals surface area contributed by atoms with Gasteiger partial charge in [0.15, 0.2) is 18.1 Å². The van der Waals surface area contributed by atoms with Gasteiger partial charge in [0.2, 0.25) is 10.1 Å². The van der Waals surface area contributed by atoms with Gasteiger partial charge in [-0.1, -0.05) is 87.4 Å². The third-order valence-electron chi connectivity index (χ3n) is 7.00. The molecule has 5 heteroatoms. The lowest BCUT2D eigenvalue weighted by atomic mass is 9.86. The normalized spacial score (nSPS) is 16.6. The number of benzene rings is 2.